The Hall–Kier alpha value is -1.84. The summed E-state index contributed by atoms with van der Waals surface area (Å²) in [5, 5.41) is 10.5. The Balaban J connectivity index is 2.28. The van der Waals surface area contributed by atoms with Gasteiger partial charge in [0.05, 0.1) is 0 Å². The maximum absolute atomic E-state index is 11.4. The maximum atomic E-state index is 11.4. The minimum Gasteiger partial charge on any atom is -0.465 e. The number of rotatable bonds is 5. The normalized spacial score (nSPS) is 9.60. The first-order chi connectivity index (χ1) is 7.18. The lowest BCUT2D eigenvalue weighted by Crippen LogP contribution is -2.24. The highest BCUT2D eigenvalue weighted by Crippen LogP contribution is 2.01. The molecule has 15 heavy (non-hydrogen) atoms. The van der Waals surface area contributed by atoms with Crippen LogP contribution in [0, 0.1) is 0 Å². The summed E-state index contributed by atoms with van der Waals surface area (Å²) in [4.78, 5) is 21.5. The number of carboxylic acid groups (broad SMARTS) is 1. The average molecular weight is 207 g/mol. The molecule has 0 spiro atoms. The van der Waals surface area contributed by atoms with Gasteiger partial charge in [-0.15, -0.1) is 0 Å². The summed E-state index contributed by atoms with van der Waals surface area (Å²) in [5.74, 6) is 0.0370. The van der Waals surface area contributed by atoms with Crippen molar-refractivity contribution in [3.05, 3.63) is 35.9 Å². The third kappa shape index (κ3) is 4.81. The molecule has 0 bridgehead atoms. The number of Topliss-reactive ketones (excluding diaryl/α,β-unsaturated/α-hetero) is 1. The van der Waals surface area contributed by atoms with E-state index in [9.17, 15) is 9.59 Å². The number of benzene rings is 1. The molecular weight excluding hydrogens is 194 g/mol. The summed E-state index contributed by atoms with van der Waals surface area (Å²) < 4.78 is 0. The summed E-state index contributed by atoms with van der Waals surface area (Å²) >= 11 is 0. The molecule has 0 aliphatic rings. The van der Waals surface area contributed by atoms with Crippen LogP contribution in [0.1, 0.15) is 12.0 Å². The minimum absolute atomic E-state index is 0.0370. The van der Waals surface area contributed by atoms with Crippen molar-refractivity contribution in [3.8, 4) is 0 Å². The predicted octanol–water partition coefficient (Wildman–Crippen LogP) is 1.46. The van der Waals surface area contributed by atoms with Crippen molar-refractivity contribution in [2.75, 3.05) is 6.54 Å². The molecule has 0 unspecified atom stereocenters. The first kappa shape index (κ1) is 11.2. The zero-order chi connectivity index (χ0) is 11.1. The quantitative estimate of drug-likeness (QED) is 0.768. The van der Waals surface area contributed by atoms with Crippen LogP contribution in [-0.4, -0.2) is 23.5 Å². The van der Waals surface area contributed by atoms with E-state index in [1.165, 1.54) is 0 Å². The van der Waals surface area contributed by atoms with E-state index >= 15 is 0 Å². The molecule has 4 nitrogen and oxygen atoms in total. The summed E-state index contributed by atoms with van der Waals surface area (Å²) in [5.41, 5.74) is 0.956. The summed E-state index contributed by atoms with van der Waals surface area (Å²) in [6, 6.07) is 9.39. The highest BCUT2D eigenvalue weighted by molar-refractivity contribution is 5.81. The van der Waals surface area contributed by atoms with Crippen LogP contribution < -0.4 is 5.32 Å². The van der Waals surface area contributed by atoms with E-state index in [1.807, 2.05) is 30.3 Å². The Morgan fingerprint density at radius 1 is 1.20 bits per heavy atom. The van der Waals surface area contributed by atoms with Gasteiger partial charge >= 0.3 is 6.09 Å². The van der Waals surface area contributed by atoms with E-state index in [0.717, 1.165) is 5.56 Å². The van der Waals surface area contributed by atoms with Gasteiger partial charge in [-0.3, -0.25) is 4.79 Å². The Morgan fingerprint density at radius 3 is 2.47 bits per heavy atom. The van der Waals surface area contributed by atoms with Gasteiger partial charge in [-0.2, -0.15) is 0 Å². The highest BCUT2D eigenvalue weighted by Gasteiger charge is 2.03. The van der Waals surface area contributed by atoms with Gasteiger partial charge in [-0.25, -0.2) is 4.79 Å². The average Bonchev–Trinajstić information content (AvgIpc) is 2.18. The minimum atomic E-state index is -1.09. The van der Waals surface area contributed by atoms with E-state index in [1.54, 1.807) is 0 Å². The van der Waals surface area contributed by atoms with Crippen LogP contribution in [-0.2, 0) is 11.2 Å². The molecule has 1 aromatic rings. The summed E-state index contributed by atoms with van der Waals surface area (Å²) in [7, 11) is 0. The summed E-state index contributed by atoms with van der Waals surface area (Å²) in [6.07, 6.45) is -0.494. The van der Waals surface area contributed by atoms with Crippen LogP contribution in [0.25, 0.3) is 0 Å². The van der Waals surface area contributed by atoms with Crippen LogP contribution in [0.5, 0.6) is 0 Å². The SMILES string of the molecule is O=C(CCNC(=O)O)Cc1ccccc1. The predicted molar refractivity (Wildman–Crippen MR) is 55.8 cm³/mol. The van der Waals surface area contributed by atoms with Gasteiger partial charge < -0.3 is 10.4 Å². The molecule has 4 heteroatoms. The largest absolute Gasteiger partial charge is 0.465 e. The molecule has 0 heterocycles. The molecule has 0 saturated carbocycles. The number of hydrogen-bond donors (Lipinski definition) is 2. The number of carbonyl (C=O) groups is 2. The van der Waals surface area contributed by atoms with Crippen LogP contribution in [0.15, 0.2) is 30.3 Å². The van der Waals surface area contributed by atoms with Crippen LogP contribution in [0.3, 0.4) is 0 Å². The van der Waals surface area contributed by atoms with E-state index in [0.29, 0.717) is 6.42 Å². The topological polar surface area (TPSA) is 66.4 Å². The molecule has 1 rings (SSSR count). The number of carbonyl (C=O) groups excluding carboxylic acids is 1. The second-order valence-electron chi connectivity index (χ2n) is 3.18. The van der Waals surface area contributed by atoms with Crippen molar-refractivity contribution in [1.82, 2.24) is 5.32 Å². The molecule has 0 saturated heterocycles. The van der Waals surface area contributed by atoms with Gasteiger partial charge in [-0.1, -0.05) is 30.3 Å². The Morgan fingerprint density at radius 2 is 1.87 bits per heavy atom. The molecule has 0 aromatic heterocycles. The molecule has 1 aromatic carbocycles. The summed E-state index contributed by atoms with van der Waals surface area (Å²) in [6.45, 7) is 0.182. The third-order valence-electron chi connectivity index (χ3n) is 1.92. The Labute approximate surface area is 87.9 Å². The second kappa shape index (κ2) is 5.80. The maximum Gasteiger partial charge on any atom is 0.404 e. The Bertz CT molecular complexity index is 335. The van der Waals surface area contributed by atoms with Crippen LogP contribution in [0.4, 0.5) is 4.79 Å². The second-order valence-corrected chi connectivity index (χ2v) is 3.18. The lowest BCUT2D eigenvalue weighted by atomic mass is 10.1. The van der Waals surface area contributed by atoms with Crippen molar-refractivity contribution >= 4 is 11.9 Å². The number of nitrogens with one attached hydrogen (secondary N) is 1. The van der Waals surface area contributed by atoms with Crippen LogP contribution >= 0.6 is 0 Å². The van der Waals surface area contributed by atoms with Crippen molar-refractivity contribution in [2.45, 2.75) is 12.8 Å². The van der Waals surface area contributed by atoms with Crippen molar-refractivity contribution in [3.63, 3.8) is 0 Å². The van der Waals surface area contributed by atoms with Gasteiger partial charge in [0.25, 0.3) is 0 Å². The third-order valence-corrected chi connectivity index (χ3v) is 1.92. The lowest BCUT2D eigenvalue weighted by Gasteiger charge is -2.01. The van der Waals surface area contributed by atoms with Gasteiger partial charge in [0, 0.05) is 19.4 Å². The highest BCUT2D eigenvalue weighted by atomic mass is 16.4. The molecule has 0 aliphatic carbocycles. The number of hydrogen-bond acceptors (Lipinski definition) is 2. The molecule has 2 N–H and O–H groups in total. The van der Waals surface area contributed by atoms with E-state index in [-0.39, 0.29) is 18.7 Å². The van der Waals surface area contributed by atoms with Crippen molar-refractivity contribution in [2.24, 2.45) is 0 Å². The van der Waals surface area contributed by atoms with E-state index < -0.39 is 6.09 Å². The number of ketones is 1. The molecule has 1 amide bonds. The molecule has 0 radical (unpaired) electrons. The molecule has 0 fully saturated rings. The molecule has 0 atom stereocenters. The van der Waals surface area contributed by atoms with Crippen molar-refractivity contribution < 1.29 is 14.7 Å². The fraction of sp³-hybridized carbons (Fsp3) is 0.273. The fourth-order valence-corrected chi connectivity index (χ4v) is 1.22. The fourth-order valence-electron chi connectivity index (χ4n) is 1.22. The first-order valence-corrected chi connectivity index (χ1v) is 4.71. The zero-order valence-electron chi connectivity index (χ0n) is 8.27. The monoisotopic (exact) mass is 207 g/mol. The van der Waals surface area contributed by atoms with Gasteiger partial charge in [0.1, 0.15) is 5.78 Å². The lowest BCUT2D eigenvalue weighted by molar-refractivity contribution is -0.118. The van der Waals surface area contributed by atoms with E-state index in [2.05, 4.69) is 5.32 Å². The zero-order valence-corrected chi connectivity index (χ0v) is 8.27. The van der Waals surface area contributed by atoms with Crippen LogP contribution in [0.2, 0.25) is 0 Å². The Kier molecular flexibility index (Phi) is 4.34. The standard InChI is InChI=1S/C11H13NO3/c13-10(6-7-12-11(14)15)8-9-4-2-1-3-5-9/h1-5,12H,6-8H2,(H,14,15). The smallest absolute Gasteiger partial charge is 0.404 e. The molecule has 0 aliphatic heterocycles. The molecule has 80 valence electrons. The number of amides is 1. The van der Waals surface area contributed by atoms with Gasteiger partial charge in [0.15, 0.2) is 0 Å². The van der Waals surface area contributed by atoms with Gasteiger partial charge in [-0.05, 0) is 5.56 Å². The van der Waals surface area contributed by atoms with E-state index in [4.69, 9.17) is 5.11 Å². The molecular formula is C11H13NO3. The van der Waals surface area contributed by atoms with Gasteiger partial charge in [0.2, 0.25) is 0 Å². The van der Waals surface area contributed by atoms with Crippen molar-refractivity contribution in [1.29, 1.82) is 0 Å². The first-order valence-electron chi connectivity index (χ1n) is 4.71.